The SMILES string of the molecule is CC(C)Oc1cncc(-c2cnc(N)cn2)c1. The van der Waals surface area contributed by atoms with Crippen LogP contribution in [0.4, 0.5) is 5.82 Å². The van der Waals surface area contributed by atoms with Crippen LogP contribution in [0.3, 0.4) is 0 Å². The highest BCUT2D eigenvalue weighted by atomic mass is 16.5. The molecular formula is C12H14N4O. The molecule has 0 aromatic carbocycles. The third kappa shape index (κ3) is 2.90. The maximum absolute atomic E-state index is 5.56. The summed E-state index contributed by atoms with van der Waals surface area (Å²) in [7, 11) is 0. The predicted octanol–water partition coefficient (Wildman–Crippen LogP) is 1.91. The molecule has 0 aliphatic carbocycles. The van der Waals surface area contributed by atoms with E-state index in [-0.39, 0.29) is 6.10 Å². The molecule has 2 aromatic rings. The lowest BCUT2D eigenvalue weighted by atomic mass is 10.2. The minimum absolute atomic E-state index is 0.115. The molecule has 0 amide bonds. The Hall–Kier alpha value is -2.17. The van der Waals surface area contributed by atoms with Gasteiger partial charge in [0.05, 0.1) is 30.4 Å². The minimum atomic E-state index is 0.115. The summed E-state index contributed by atoms with van der Waals surface area (Å²) in [5.74, 6) is 1.12. The van der Waals surface area contributed by atoms with E-state index in [2.05, 4.69) is 15.0 Å². The van der Waals surface area contributed by atoms with Crippen molar-refractivity contribution in [2.75, 3.05) is 5.73 Å². The Kier molecular flexibility index (Phi) is 3.18. The largest absolute Gasteiger partial charge is 0.489 e. The van der Waals surface area contributed by atoms with Crippen LogP contribution in [0.15, 0.2) is 30.9 Å². The van der Waals surface area contributed by atoms with Gasteiger partial charge in [0.25, 0.3) is 0 Å². The summed E-state index contributed by atoms with van der Waals surface area (Å²) in [5.41, 5.74) is 7.07. The number of rotatable bonds is 3. The number of hydrogen-bond donors (Lipinski definition) is 1. The lowest BCUT2D eigenvalue weighted by Crippen LogP contribution is -2.05. The molecule has 0 saturated heterocycles. The summed E-state index contributed by atoms with van der Waals surface area (Å²) in [6, 6.07) is 1.88. The van der Waals surface area contributed by atoms with Gasteiger partial charge in [0, 0.05) is 11.8 Å². The van der Waals surface area contributed by atoms with Gasteiger partial charge in [0.15, 0.2) is 0 Å². The molecule has 2 N–H and O–H groups in total. The molecule has 0 spiro atoms. The molecule has 5 heteroatoms. The molecular weight excluding hydrogens is 216 g/mol. The van der Waals surface area contributed by atoms with Gasteiger partial charge in [-0.15, -0.1) is 0 Å². The first-order valence-electron chi connectivity index (χ1n) is 5.35. The van der Waals surface area contributed by atoms with E-state index in [9.17, 15) is 0 Å². The number of ether oxygens (including phenoxy) is 1. The second kappa shape index (κ2) is 4.78. The monoisotopic (exact) mass is 230 g/mol. The maximum atomic E-state index is 5.56. The molecule has 0 unspecified atom stereocenters. The first-order chi connectivity index (χ1) is 8.15. The van der Waals surface area contributed by atoms with Crippen molar-refractivity contribution >= 4 is 5.82 Å². The number of pyridine rings is 1. The van der Waals surface area contributed by atoms with E-state index in [1.54, 1.807) is 18.6 Å². The second-order valence-corrected chi connectivity index (χ2v) is 3.90. The van der Waals surface area contributed by atoms with Gasteiger partial charge in [-0.3, -0.25) is 9.97 Å². The average molecular weight is 230 g/mol. The third-order valence-electron chi connectivity index (χ3n) is 2.05. The number of aromatic nitrogens is 3. The summed E-state index contributed by atoms with van der Waals surface area (Å²) >= 11 is 0. The Bertz CT molecular complexity index is 496. The number of anilines is 1. The Labute approximate surface area is 99.7 Å². The summed E-state index contributed by atoms with van der Waals surface area (Å²) in [6.07, 6.45) is 6.64. The summed E-state index contributed by atoms with van der Waals surface area (Å²) in [5, 5.41) is 0. The first-order valence-corrected chi connectivity index (χ1v) is 5.35. The second-order valence-electron chi connectivity index (χ2n) is 3.90. The van der Waals surface area contributed by atoms with Crippen molar-refractivity contribution in [2.45, 2.75) is 20.0 Å². The molecule has 2 aromatic heterocycles. The molecule has 0 saturated carbocycles. The highest BCUT2D eigenvalue weighted by Gasteiger charge is 2.04. The zero-order chi connectivity index (χ0) is 12.3. The lowest BCUT2D eigenvalue weighted by molar-refractivity contribution is 0.241. The third-order valence-corrected chi connectivity index (χ3v) is 2.05. The van der Waals surface area contributed by atoms with E-state index in [1.165, 1.54) is 6.20 Å². The van der Waals surface area contributed by atoms with Crippen LogP contribution >= 0.6 is 0 Å². The van der Waals surface area contributed by atoms with E-state index in [1.807, 2.05) is 19.9 Å². The standard InChI is InChI=1S/C12H14N4O/c1-8(2)17-10-3-9(4-14-5-10)11-6-16-12(13)7-15-11/h3-8H,1-2H3,(H2,13,16). The highest BCUT2D eigenvalue weighted by molar-refractivity contribution is 5.59. The van der Waals surface area contributed by atoms with Gasteiger partial charge in [0.1, 0.15) is 11.6 Å². The van der Waals surface area contributed by atoms with Crippen molar-refractivity contribution in [3.05, 3.63) is 30.9 Å². The van der Waals surface area contributed by atoms with Crippen LogP contribution < -0.4 is 10.5 Å². The van der Waals surface area contributed by atoms with Gasteiger partial charge < -0.3 is 10.5 Å². The van der Waals surface area contributed by atoms with Crippen LogP contribution in [0.25, 0.3) is 11.3 Å². The Morgan fingerprint density at radius 3 is 2.59 bits per heavy atom. The van der Waals surface area contributed by atoms with Gasteiger partial charge in [0.2, 0.25) is 0 Å². The van der Waals surface area contributed by atoms with E-state index in [4.69, 9.17) is 10.5 Å². The molecule has 5 nitrogen and oxygen atoms in total. The van der Waals surface area contributed by atoms with Gasteiger partial charge >= 0.3 is 0 Å². The topological polar surface area (TPSA) is 73.9 Å². The van der Waals surface area contributed by atoms with Crippen molar-refractivity contribution in [3.8, 4) is 17.0 Å². The van der Waals surface area contributed by atoms with Crippen LogP contribution in [0.1, 0.15) is 13.8 Å². The van der Waals surface area contributed by atoms with Crippen LogP contribution in [-0.4, -0.2) is 21.1 Å². The van der Waals surface area contributed by atoms with Gasteiger partial charge in [-0.25, -0.2) is 4.98 Å². The van der Waals surface area contributed by atoms with E-state index < -0.39 is 0 Å². The fourth-order valence-corrected chi connectivity index (χ4v) is 1.38. The predicted molar refractivity (Wildman–Crippen MR) is 65.4 cm³/mol. The van der Waals surface area contributed by atoms with Crippen molar-refractivity contribution in [2.24, 2.45) is 0 Å². The Morgan fingerprint density at radius 1 is 1.12 bits per heavy atom. The van der Waals surface area contributed by atoms with Crippen LogP contribution in [0, 0.1) is 0 Å². The van der Waals surface area contributed by atoms with E-state index >= 15 is 0 Å². The summed E-state index contributed by atoms with van der Waals surface area (Å²) < 4.78 is 5.56. The maximum Gasteiger partial charge on any atom is 0.141 e. The molecule has 0 atom stereocenters. The van der Waals surface area contributed by atoms with E-state index in [0.717, 1.165) is 17.0 Å². The van der Waals surface area contributed by atoms with E-state index in [0.29, 0.717) is 5.82 Å². The molecule has 0 aliphatic rings. The zero-order valence-corrected chi connectivity index (χ0v) is 9.79. The van der Waals surface area contributed by atoms with Crippen molar-refractivity contribution in [1.29, 1.82) is 0 Å². The van der Waals surface area contributed by atoms with Crippen LogP contribution in [0.5, 0.6) is 5.75 Å². The number of nitrogen functional groups attached to an aromatic ring is 1. The Morgan fingerprint density at radius 2 is 1.94 bits per heavy atom. The lowest BCUT2D eigenvalue weighted by Gasteiger charge is -2.09. The molecule has 2 rings (SSSR count). The molecule has 2 heterocycles. The molecule has 88 valence electrons. The molecule has 0 radical (unpaired) electrons. The number of nitrogens with zero attached hydrogens (tertiary/aromatic N) is 3. The molecule has 0 aliphatic heterocycles. The van der Waals surface area contributed by atoms with Gasteiger partial charge in [-0.1, -0.05) is 0 Å². The highest BCUT2D eigenvalue weighted by Crippen LogP contribution is 2.21. The quantitative estimate of drug-likeness (QED) is 0.871. The summed E-state index contributed by atoms with van der Waals surface area (Å²) in [4.78, 5) is 12.3. The fraction of sp³-hybridized carbons (Fsp3) is 0.250. The average Bonchev–Trinajstić information content (AvgIpc) is 2.29. The van der Waals surface area contributed by atoms with Gasteiger partial charge in [-0.05, 0) is 19.9 Å². The molecule has 17 heavy (non-hydrogen) atoms. The van der Waals surface area contributed by atoms with Crippen LogP contribution in [0.2, 0.25) is 0 Å². The zero-order valence-electron chi connectivity index (χ0n) is 9.79. The van der Waals surface area contributed by atoms with Crippen molar-refractivity contribution in [3.63, 3.8) is 0 Å². The molecule has 0 bridgehead atoms. The smallest absolute Gasteiger partial charge is 0.141 e. The molecule has 0 fully saturated rings. The van der Waals surface area contributed by atoms with Gasteiger partial charge in [-0.2, -0.15) is 0 Å². The van der Waals surface area contributed by atoms with Crippen LogP contribution in [-0.2, 0) is 0 Å². The minimum Gasteiger partial charge on any atom is -0.489 e. The summed E-state index contributed by atoms with van der Waals surface area (Å²) in [6.45, 7) is 3.94. The normalized spacial score (nSPS) is 10.5. The van der Waals surface area contributed by atoms with Crippen molar-refractivity contribution < 1.29 is 4.74 Å². The van der Waals surface area contributed by atoms with Crippen molar-refractivity contribution in [1.82, 2.24) is 15.0 Å². The first kappa shape index (κ1) is 11.3. The number of hydrogen-bond acceptors (Lipinski definition) is 5. The fourth-order valence-electron chi connectivity index (χ4n) is 1.38. The Balaban J connectivity index is 2.29. The number of nitrogens with two attached hydrogens (primary N) is 1.